The first-order chi connectivity index (χ1) is 12.4. The first-order valence-electron chi connectivity index (χ1n) is 8.61. The Hall–Kier alpha value is -1.68. The Kier molecular flexibility index (Phi) is 4.22. The summed E-state index contributed by atoms with van der Waals surface area (Å²) in [5, 5.41) is 9.77. The molecule has 0 bridgehead atoms. The van der Waals surface area contributed by atoms with Gasteiger partial charge in [-0.05, 0) is 18.2 Å². The molecule has 9 heteroatoms. The highest BCUT2D eigenvalue weighted by molar-refractivity contribution is 7.89. The Morgan fingerprint density at radius 1 is 1.42 bits per heavy atom. The number of hydrogen-bond acceptors (Lipinski definition) is 6. The lowest BCUT2D eigenvalue weighted by atomic mass is 9.82. The van der Waals surface area contributed by atoms with Gasteiger partial charge < -0.3 is 19.5 Å². The fourth-order valence-electron chi connectivity index (χ4n) is 4.02. The molecule has 2 atom stereocenters. The van der Waals surface area contributed by atoms with E-state index in [0.29, 0.717) is 44.3 Å². The van der Waals surface area contributed by atoms with Crippen molar-refractivity contribution < 1.29 is 27.8 Å². The fourth-order valence-corrected chi connectivity index (χ4v) is 5.63. The van der Waals surface area contributed by atoms with Crippen LogP contribution < -0.4 is 9.64 Å². The van der Waals surface area contributed by atoms with Gasteiger partial charge in [0.1, 0.15) is 12.4 Å². The number of carbonyl (C=O) groups is 1. The summed E-state index contributed by atoms with van der Waals surface area (Å²) >= 11 is 0. The number of carbonyl (C=O) groups excluding carboxylic acids is 1. The number of rotatable bonds is 3. The number of aliphatic hydroxyl groups is 1. The van der Waals surface area contributed by atoms with Gasteiger partial charge in [0, 0.05) is 31.3 Å². The second-order valence-corrected chi connectivity index (χ2v) is 9.12. The molecule has 0 radical (unpaired) electrons. The molecular weight excluding hydrogens is 360 g/mol. The molecule has 3 aliphatic rings. The van der Waals surface area contributed by atoms with Crippen LogP contribution in [0.3, 0.4) is 0 Å². The van der Waals surface area contributed by atoms with Gasteiger partial charge in [0.05, 0.1) is 36.9 Å². The van der Waals surface area contributed by atoms with Gasteiger partial charge in [-0.2, -0.15) is 4.31 Å². The maximum atomic E-state index is 13.1. The van der Waals surface area contributed by atoms with Gasteiger partial charge in [0.15, 0.2) is 0 Å². The quantitative estimate of drug-likeness (QED) is 0.794. The molecule has 0 unspecified atom stereocenters. The molecule has 0 spiro atoms. The summed E-state index contributed by atoms with van der Waals surface area (Å²) in [6.07, 6.45) is 0. The van der Waals surface area contributed by atoms with Crippen molar-refractivity contribution in [3.8, 4) is 5.75 Å². The Morgan fingerprint density at radius 3 is 2.92 bits per heavy atom. The molecule has 26 heavy (non-hydrogen) atoms. The topological polar surface area (TPSA) is 96.4 Å². The van der Waals surface area contributed by atoms with Crippen molar-refractivity contribution in [3.63, 3.8) is 0 Å². The van der Waals surface area contributed by atoms with Crippen molar-refractivity contribution in [1.29, 1.82) is 0 Å². The molecular formula is C17H22N2O6S. The van der Waals surface area contributed by atoms with E-state index < -0.39 is 15.4 Å². The highest BCUT2D eigenvalue weighted by Crippen LogP contribution is 2.43. The third-order valence-corrected chi connectivity index (χ3v) is 7.42. The Balaban J connectivity index is 1.67. The van der Waals surface area contributed by atoms with Crippen molar-refractivity contribution in [2.45, 2.75) is 11.8 Å². The largest absolute Gasteiger partial charge is 0.490 e. The number of nitrogens with zero attached hydrogens (tertiary/aromatic N) is 2. The molecule has 3 heterocycles. The van der Waals surface area contributed by atoms with Crippen molar-refractivity contribution in [3.05, 3.63) is 18.2 Å². The normalized spacial score (nSPS) is 28.5. The summed E-state index contributed by atoms with van der Waals surface area (Å²) in [7, 11) is -3.74. The number of benzene rings is 1. The standard InChI is InChI=1S/C17H22N2O6S/c1-12(21)19-4-5-25-16-3-2-14(6-15(16)19)26(22,23)18-7-13-8-24-11-17(13,9-18)10-20/h2-3,6,13,20H,4-5,7-11H2,1H3/t13-,17-/m0/s1. The van der Waals surface area contributed by atoms with Gasteiger partial charge >= 0.3 is 0 Å². The van der Waals surface area contributed by atoms with E-state index in [4.69, 9.17) is 9.47 Å². The van der Waals surface area contributed by atoms with E-state index in [1.165, 1.54) is 28.3 Å². The first kappa shape index (κ1) is 17.7. The third kappa shape index (κ3) is 2.61. The van der Waals surface area contributed by atoms with E-state index in [1.807, 2.05) is 0 Å². The number of amides is 1. The number of sulfonamides is 1. The average molecular weight is 382 g/mol. The van der Waals surface area contributed by atoms with Crippen molar-refractivity contribution in [2.75, 3.05) is 51.0 Å². The smallest absolute Gasteiger partial charge is 0.243 e. The zero-order valence-corrected chi connectivity index (χ0v) is 15.4. The van der Waals surface area contributed by atoms with Gasteiger partial charge in [0.2, 0.25) is 15.9 Å². The summed E-state index contributed by atoms with van der Waals surface area (Å²) in [6, 6.07) is 4.61. The molecule has 4 rings (SSSR count). The summed E-state index contributed by atoms with van der Waals surface area (Å²) < 4.78 is 38.7. The molecule has 2 saturated heterocycles. The van der Waals surface area contributed by atoms with E-state index >= 15 is 0 Å². The van der Waals surface area contributed by atoms with Crippen LogP contribution in [0.15, 0.2) is 23.1 Å². The van der Waals surface area contributed by atoms with Crippen LogP contribution in [0, 0.1) is 11.3 Å². The van der Waals surface area contributed by atoms with Crippen molar-refractivity contribution >= 4 is 21.6 Å². The van der Waals surface area contributed by atoms with Crippen molar-refractivity contribution in [1.82, 2.24) is 4.31 Å². The lowest BCUT2D eigenvalue weighted by Gasteiger charge is -2.29. The molecule has 142 valence electrons. The molecule has 3 aliphatic heterocycles. The number of aliphatic hydroxyl groups excluding tert-OH is 1. The van der Waals surface area contributed by atoms with Crippen LogP contribution >= 0.6 is 0 Å². The zero-order valence-electron chi connectivity index (χ0n) is 14.6. The van der Waals surface area contributed by atoms with Crippen LogP contribution in [0.25, 0.3) is 0 Å². The second-order valence-electron chi connectivity index (χ2n) is 7.18. The SMILES string of the molecule is CC(=O)N1CCOc2ccc(S(=O)(=O)N3C[C@H]4COC[C@@]4(CO)C3)cc21. The molecule has 0 saturated carbocycles. The molecule has 1 aromatic carbocycles. The molecule has 0 aromatic heterocycles. The van der Waals surface area contributed by atoms with Gasteiger partial charge in [0.25, 0.3) is 0 Å². The fraction of sp³-hybridized carbons (Fsp3) is 0.588. The minimum absolute atomic E-state index is 0.00282. The van der Waals surface area contributed by atoms with Crippen molar-refractivity contribution in [2.24, 2.45) is 11.3 Å². The Bertz CT molecular complexity index is 842. The zero-order chi connectivity index (χ0) is 18.5. The van der Waals surface area contributed by atoms with Crippen LogP contribution in [-0.2, 0) is 19.6 Å². The number of anilines is 1. The van der Waals surface area contributed by atoms with Crippen LogP contribution in [0.2, 0.25) is 0 Å². The van der Waals surface area contributed by atoms with Gasteiger partial charge in [-0.25, -0.2) is 8.42 Å². The molecule has 1 amide bonds. The molecule has 2 fully saturated rings. The lowest BCUT2D eigenvalue weighted by Crippen LogP contribution is -2.37. The molecule has 1 aromatic rings. The maximum absolute atomic E-state index is 13.1. The highest BCUT2D eigenvalue weighted by atomic mass is 32.2. The predicted molar refractivity (Wildman–Crippen MR) is 92.6 cm³/mol. The van der Waals surface area contributed by atoms with Gasteiger partial charge in [-0.15, -0.1) is 0 Å². The Labute approximate surface area is 152 Å². The molecule has 1 N–H and O–H groups in total. The van der Waals surface area contributed by atoms with Crippen LogP contribution in [-0.4, -0.2) is 69.8 Å². The Morgan fingerprint density at radius 2 is 2.23 bits per heavy atom. The number of fused-ring (bicyclic) bond motifs is 2. The lowest BCUT2D eigenvalue weighted by molar-refractivity contribution is -0.116. The maximum Gasteiger partial charge on any atom is 0.243 e. The van der Waals surface area contributed by atoms with E-state index in [0.717, 1.165) is 0 Å². The predicted octanol–water partition coefficient (Wildman–Crippen LogP) is 0.0613. The summed E-state index contributed by atoms with van der Waals surface area (Å²) in [5.74, 6) is 0.344. The van der Waals surface area contributed by atoms with Crippen LogP contribution in [0.1, 0.15) is 6.92 Å². The van der Waals surface area contributed by atoms with Gasteiger partial charge in [-0.1, -0.05) is 0 Å². The van der Waals surface area contributed by atoms with E-state index in [2.05, 4.69) is 0 Å². The van der Waals surface area contributed by atoms with E-state index in [1.54, 1.807) is 6.07 Å². The molecule has 8 nitrogen and oxygen atoms in total. The summed E-state index contributed by atoms with van der Waals surface area (Å²) in [4.78, 5) is 13.5. The number of hydrogen-bond donors (Lipinski definition) is 1. The van der Waals surface area contributed by atoms with Crippen LogP contribution in [0.4, 0.5) is 5.69 Å². The molecule has 0 aliphatic carbocycles. The van der Waals surface area contributed by atoms with Crippen LogP contribution in [0.5, 0.6) is 5.75 Å². The monoisotopic (exact) mass is 382 g/mol. The van der Waals surface area contributed by atoms with E-state index in [9.17, 15) is 18.3 Å². The number of ether oxygens (including phenoxy) is 2. The third-order valence-electron chi connectivity index (χ3n) is 5.62. The average Bonchev–Trinajstić information content (AvgIpc) is 3.18. The minimum Gasteiger partial charge on any atom is -0.490 e. The second kappa shape index (κ2) is 6.19. The summed E-state index contributed by atoms with van der Waals surface area (Å²) in [5.41, 5.74) is -0.0417. The summed E-state index contributed by atoms with van der Waals surface area (Å²) in [6.45, 7) is 3.52. The minimum atomic E-state index is -3.74. The van der Waals surface area contributed by atoms with E-state index in [-0.39, 0.29) is 29.9 Å². The van der Waals surface area contributed by atoms with Gasteiger partial charge in [-0.3, -0.25) is 4.79 Å². The first-order valence-corrected chi connectivity index (χ1v) is 10.1. The highest BCUT2D eigenvalue weighted by Gasteiger charge is 2.53.